The highest BCUT2D eigenvalue weighted by atomic mass is 15.2. The first-order chi connectivity index (χ1) is 6.66. The molecule has 3 heterocycles. The zero-order valence-corrected chi connectivity index (χ0v) is 9.08. The average molecular weight is 193 g/mol. The summed E-state index contributed by atoms with van der Waals surface area (Å²) in [6.07, 6.45) is 2.38. The van der Waals surface area contributed by atoms with Gasteiger partial charge in [-0.05, 0) is 45.7 Å². The summed E-state index contributed by atoms with van der Waals surface area (Å²) >= 11 is 0. The molecule has 3 nitrogen and oxygen atoms in total. The normalized spacial score (nSPS) is 41.3. The van der Waals surface area contributed by atoms with Crippen molar-refractivity contribution in [2.24, 2.45) is 5.92 Å². The molecule has 3 saturated heterocycles. The van der Waals surface area contributed by atoms with E-state index in [-0.39, 0.29) is 5.54 Å². The maximum Gasteiger partial charge on any atom is 0.122 e. The highest BCUT2D eigenvalue weighted by molar-refractivity contribution is 5.17. The lowest BCUT2D eigenvalue weighted by molar-refractivity contribution is 0.0328. The molecular weight excluding hydrogens is 174 g/mol. The molecule has 0 saturated carbocycles. The molecule has 2 bridgehead atoms. The summed E-state index contributed by atoms with van der Waals surface area (Å²) in [5.41, 5.74) is -0.259. The molecule has 14 heavy (non-hydrogen) atoms. The Hall–Kier alpha value is -0.590. The zero-order chi connectivity index (χ0) is 10.2. The third kappa shape index (κ3) is 1.53. The molecule has 78 valence electrons. The van der Waals surface area contributed by atoms with E-state index < -0.39 is 0 Å². The second-order valence-corrected chi connectivity index (χ2v) is 4.93. The van der Waals surface area contributed by atoms with Gasteiger partial charge in [0.2, 0.25) is 0 Å². The van der Waals surface area contributed by atoms with E-state index in [1.165, 1.54) is 25.9 Å². The number of nitrogens with one attached hydrogen (secondary N) is 1. The van der Waals surface area contributed by atoms with Crippen LogP contribution in [0.4, 0.5) is 0 Å². The molecule has 0 aromatic heterocycles. The van der Waals surface area contributed by atoms with Crippen molar-refractivity contribution in [1.82, 2.24) is 10.2 Å². The fraction of sp³-hybridized carbons (Fsp3) is 0.909. The van der Waals surface area contributed by atoms with E-state index in [1.54, 1.807) is 0 Å². The predicted molar refractivity (Wildman–Crippen MR) is 55.8 cm³/mol. The van der Waals surface area contributed by atoms with Gasteiger partial charge in [-0.1, -0.05) is 0 Å². The van der Waals surface area contributed by atoms with Crippen molar-refractivity contribution in [1.29, 1.82) is 5.26 Å². The van der Waals surface area contributed by atoms with Crippen molar-refractivity contribution in [3.8, 4) is 6.07 Å². The summed E-state index contributed by atoms with van der Waals surface area (Å²) in [6.45, 7) is 7.54. The number of nitrogens with zero attached hydrogens (tertiary/aromatic N) is 2. The number of hydrogen-bond donors (Lipinski definition) is 1. The van der Waals surface area contributed by atoms with Crippen LogP contribution in [0, 0.1) is 17.2 Å². The molecule has 3 heteroatoms. The van der Waals surface area contributed by atoms with Crippen LogP contribution in [0.1, 0.15) is 26.7 Å². The predicted octanol–water partition coefficient (Wildman–Crippen LogP) is 0.972. The van der Waals surface area contributed by atoms with Crippen LogP contribution in [-0.4, -0.2) is 36.1 Å². The lowest BCUT2D eigenvalue weighted by Gasteiger charge is -2.50. The summed E-state index contributed by atoms with van der Waals surface area (Å²) in [5, 5.41) is 12.8. The molecule has 0 aromatic carbocycles. The van der Waals surface area contributed by atoms with E-state index in [4.69, 9.17) is 0 Å². The van der Waals surface area contributed by atoms with Gasteiger partial charge in [0.1, 0.15) is 5.54 Å². The zero-order valence-electron chi connectivity index (χ0n) is 9.08. The second-order valence-electron chi connectivity index (χ2n) is 4.93. The van der Waals surface area contributed by atoms with Gasteiger partial charge in [-0.25, -0.2) is 0 Å². The molecule has 0 spiro atoms. The van der Waals surface area contributed by atoms with Crippen molar-refractivity contribution in [2.45, 2.75) is 38.3 Å². The Balaban J connectivity index is 2.16. The summed E-state index contributed by atoms with van der Waals surface area (Å²) in [5.74, 6) is 0.569. The summed E-state index contributed by atoms with van der Waals surface area (Å²) in [4.78, 5) is 2.42. The Morgan fingerprint density at radius 3 is 2.43 bits per heavy atom. The molecule has 0 aromatic rings. The summed E-state index contributed by atoms with van der Waals surface area (Å²) in [6, 6.07) is 2.93. The quantitative estimate of drug-likeness (QED) is 0.710. The molecular formula is C11H19N3. The average Bonchev–Trinajstić information content (AvgIpc) is 2.18. The molecule has 1 N–H and O–H groups in total. The molecule has 0 amide bonds. The van der Waals surface area contributed by atoms with Gasteiger partial charge in [-0.15, -0.1) is 0 Å². The van der Waals surface area contributed by atoms with E-state index in [1.807, 2.05) is 0 Å². The number of rotatable bonds is 2. The van der Waals surface area contributed by atoms with Gasteiger partial charge >= 0.3 is 0 Å². The van der Waals surface area contributed by atoms with Crippen molar-refractivity contribution in [2.75, 3.05) is 19.6 Å². The van der Waals surface area contributed by atoms with Crippen LogP contribution in [0.2, 0.25) is 0 Å². The Morgan fingerprint density at radius 2 is 2.07 bits per heavy atom. The molecule has 3 fully saturated rings. The van der Waals surface area contributed by atoms with Crippen LogP contribution in [0.5, 0.6) is 0 Å². The Bertz CT molecular complexity index is 244. The fourth-order valence-corrected chi connectivity index (χ4v) is 2.90. The van der Waals surface area contributed by atoms with Crippen LogP contribution < -0.4 is 5.32 Å². The van der Waals surface area contributed by atoms with Gasteiger partial charge in [0.25, 0.3) is 0 Å². The monoisotopic (exact) mass is 193 g/mol. The van der Waals surface area contributed by atoms with Gasteiger partial charge < -0.3 is 4.90 Å². The summed E-state index contributed by atoms with van der Waals surface area (Å²) < 4.78 is 0. The third-order valence-electron chi connectivity index (χ3n) is 3.50. The SMILES string of the molecule is CC(C)NC1(C#N)CN2CCC1CC2. The van der Waals surface area contributed by atoms with E-state index >= 15 is 0 Å². The first kappa shape index (κ1) is 9.95. The molecule has 0 radical (unpaired) electrons. The van der Waals surface area contributed by atoms with Gasteiger partial charge in [0.15, 0.2) is 0 Å². The second kappa shape index (κ2) is 3.52. The van der Waals surface area contributed by atoms with Crippen molar-refractivity contribution in [3.63, 3.8) is 0 Å². The van der Waals surface area contributed by atoms with Crippen molar-refractivity contribution in [3.05, 3.63) is 0 Å². The van der Waals surface area contributed by atoms with Gasteiger partial charge in [0, 0.05) is 12.6 Å². The van der Waals surface area contributed by atoms with Crippen LogP contribution in [0.3, 0.4) is 0 Å². The minimum absolute atomic E-state index is 0.259. The van der Waals surface area contributed by atoms with E-state index in [2.05, 4.69) is 30.1 Å². The molecule has 0 aliphatic carbocycles. The standard InChI is InChI=1S/C11H19N3/c1-9(2)13-11(7-12)8-14-5-3-10(11)4-6-14/h9-10,13H,3-6,8H2,1-2H3. The highest BCUT2D eigenvalue weighted by Crippen LogP contribution is 2.35. The van der Waals surface area contributed by atoms with Crippen LogP contribution >= 0.6 is 0 Å². The number of nitriles is 1. The molecule has 3 rings (SSSR count). The first-order valence-electron chi connectivity index (χ1n) is 5.57. The molecule has 1 unspecified atom stereocenters. The molecule has 3 aliphatic heterocycles. The number of hydrogen-bond acceptors (Lipinski definition) is 3. The Labute approximate surface area is 86.1 Å². The first-order valence-corrected chi connectivity index (χ1v) is 5.57. The maximum atomic E-state index is 9.37. The van der Waals surface area contributed by atoms with Crippen molar-refractivity contribution < 1.29 is 0 Å². The minimum Gasteiger partial charge on any atom is -0.300 e. The molecule has 3 aliphatic rings. The minimum atomic E-state index is -0.259. The van der Waals surface area contributed by atoms with E-state index in [0.29, 0.717) is 12.0 Å². The molecule has 1 atom stereocenters. The van der Waals surface area contributed by atoms with Crippen LogP contribution in [0.15, 0.2) is 0 Å². The number of piperidine rings is 3. The van der Waals surface area contributed by atoms with Gasteiger partial charge in [-0.3, -0.25) is 5.32 Å². The van der Waals surface area contributed by atoms with Crippen LogP contribution in [-0.2, 0) is 0 Å². The Kier molecular flexibility index (Phi) is 2.50. The third-order valence-corrected chi connectivity index (χ3v) is 3.50. The van der Waals surface area contributed by atoms with Gasteiger partial charge in [0.05, 0.1) is 6.07 Å². The summed E-state index contributed by atoms with van der Waals surface area (Å²) in [7, 11) is 0. The topological polar surface area (TPSA) is 39.1 Å². The highest BCUT2D eigenvalue weighted by Gasteiger charge is 2.47. The lowest BCUT2D eigenvalue weighted by atomic mass is 9.73. The van der Waals surface area contributed by atoms with E-state index in [0.717, 1.165) is 6.54 Å². The van der Waals surface area contributed by atoms with Gasteiger partial charge in [-0.2, -0.15) is 5.26 Å². The van der Waals surface area contributed by atoms with Crippen LogP contribution in [0.25, 0.3) is 0 Å². The number of fused-ring (bicyclic) bond motifs is 3. The maximum absolute atomic E-state index is 9.37. The largest absolute Gasteiger partial charge is 0.300 e. The Morgan fingerprint density at radius 1 is 1.43 bits per heavy atom. The van der Waals surface area contributed by atoms with Crippen molar-refractivity contribution >= 4 is 0 Å². The fourth-order valence-electron chi connectivity index (χ4n) is 2.90. The lowest BCUT2D eigenvalue weighted by Crippen LogP contribution is -2.66. The smallest absolute Gasteiger partial charge is 0.122 e. The van der Waals surface area contributed by atoms with E-state index in [9.17, 15) is 5.26 Å².